The Morgan fingerprint density at radius 2 is 2.00 bits per heavy atom. The Kier molecular flexibility index (Phi) is 4.13. The van der Waals surface area contributed by atoms with Gasteiger partial charge in [0, 0.05) is 20.1 Å². The van der Waals surface area contributed by atoms with Crippen LogP contribution in [0.4, 0.5) is 15.8 Å². The molecule has 0 radical (unpaired) electrons. The van der Waals surface area contributed by atoms with Crippen molar-refractivity contribution in [2.24, 2.45) is 5.73 Å². The summed E-state index contributed by atoms with van der Waals surface area (Å²) >= 11 is 0. The molecule has 1 amide bonds. The van der Waals surface area contributed by atoms with Gasteiger partial charge in [0.25, 0.3) is 0 Å². The summed E-state index contributed by atoms with van der Waals surface area (Å²) in [4.78, 5) is 13.6. The number of halogens is 1. The van der Waals surface area contributed by atoms with E-state index >= 15 is 0 Å². The van der Waals surface area contributed by atoms with Gasteiger partial charge in [-0.15, -0.1) is 0 Å². The lowest BCUT2D eigenvalue weighted by Crippen LogP contribution is -2.59. The van der Waals surface area contributed by atoms with E-state index in [0.29, 0.717) is 31.6 Å². The third-order valence-corrected chi connectivity index (χ3v) is 4.14. The zero-order chi connectivity index (χ0) is 14.8. The quantitative estimate of drug-likeness (QED) is 0.767. The highest BCUT2D eigenvalue weighted by molar-refractivity contribution is 5.85. The first-order valence-electron chi connectivity index (χ1n) is 6.74. The Morgan fingerprint density at radius 1 is 1.35 bits per heavy atom. The molecule has 2 rings (SSSR count). The van der Waals surface area contributed by atoms with E-state index in [-0.39, 0.29) is 11.7 Å². The molecule has 0 atom stereocenters. The number of hydrogen-bond acceptors (Lipinski definition) is 4. The van der Waals surface area contributed by atoms with E-state index in [4.69, 9.17) is 5.73 Å². The number of primary amides is 1. The van der Waals surface area contributed by atoms with Crippen molar-refractivity contribution in [3.05, 3.63) is 24.0 Å². The Hall–Kier alpha value is -1.82. The van der Waals surface area contributed by atoms with Gasteiger partial charge < -0.3 is 21.3 Å². The van der Waals surface area contributed by atoms with Crippen molar-refractivity contribution in [2.75, 3.05) is 37.4 Å². The van der Waals surface area contributed by atoms with Crippen LogP contribution in [-0.4, -0.2) is 38.6 Å². The zero-order valence-corrected chi connectivity index (χ0v) is 11.9. The van der Waals surface area contributed by atoms with Crippen LogP contribution in [0.3, 0.4) is 0 Å². The number of nitrogens with zero attached hydrogens (tertiary/aromatic N) is 1. The number of carbonyl (C=O) groups excluding carboxylic acids is 1. The van der Waals surface area contributed by atoms with Crippen LogP contribution >= 0.6 is 0 Å². The van der Waals surface area contributed by atoms with Gasteiger partial charge in [-0.25, -0.2) is 4.39 Å². The van der Waals surface area contributed by atoms with E-state index in [9.17, 15) is 9.18 Å². The Bertz CT molecular complexity index is 498. The van der Waals surface area contributed by atoms with Gasteiger partial charge in [-0.2, -0.15) is 0 Å². The molecule has 5 nitrogen and oxygen atoms in total. The minimum absolute atomic E-state index is 0.257. The number of carbonyl (C=O) groups is 1. The largest absolute Gasteiger partial charge is 0.386 e. The number of anilines is 2. The first-order chi connectivity index (χ1) is 9.54. The molecule has 0 bridgehead atoms. The van der Waals surface area contributed by atoms with Gasteiger partial charge >= 0.3 is 0 Å². The Balaban J connectivity index is 2.21. The first kappa shape index (κ1) is 14.6. The molecule has 0 aromatic heterocycles. The van der Waals surface area contributed by atoms with E-state index in [1.807, 2.05) is 11.0 Å². The van der Waals surface area contributed by atoms with Crippen LogP contribution < -0.4 is 21.3 Å². The second-order valence-corrected chi connectivity index (χ2v) is 5.07. The van der Waals surface area contributed by atoms with Gasteiger partial charge in [0.1, 0.15) is 11.4 Å². The summed E-state index contributed by atoms with van der Waals surface area (Å²) in [6.07, 6.45) is 1.13. The van der Waals surface area contributed by atoms with Crippen molar-refractivity contribution in [3.63, 3.8) is 0 Å². The van der Waals surface area contributed by atoms with E-state index in [2.05, 4.69) is 10.6 Å². The second kappa shape index (κ2) is 5.66. The molecule has 1 aromatic rings. The fourth-order valence-corrected chi connectivity index (χ4v) is 2.77. The molecule has 1 aliphatic rings. The van der Waals surface area contributed by atoms with Crippen molar-refractivity contribution in [3.8, 4) is 0 Å². The molecule has 1 fully saturated rings. The normalized spacial score (nSPS) is 17.9. The molecule has 1 aliphatic heterocycles. The average molecular weight is 280 g/mol. The maximum Gasteiger partial charge on any atom is 0.237 e. The fraction of sp³-hybridized carbons (Fsp3) is 0.500. The fourth-order valence-electron chi connectivity index (χ4n) is 2.77. The van der Waals surface area contributed by atoms with Crippen molar-refractivity contribution in [1.82, 2.24) is 5.32 Å². The van der Waals surface area contributed by atoms with Crippen molar-refractivity contribution in [1.29, 1.82) is 0 Å². The number of rotatable bonds is 4. The van der Waals surface area contributed by atoms with E-state index < -0.39 is 5.54 Å². The predicted octanol–water partition coefficient (Wildman–Crippen LogP) is 0.911. The van der Waals surface area contributed by atoms with E-state index in [1.165, 1.54) is 6.07 Å². The van der Waals surface area contributed by atoms with Crippen LogP contribution in [0, 0.1) is 5.82 Å². The molecule has 0 aliphatic carbocycles. The minimum atomic E-state index is -0.679. The second-order valence-electron chi connectivity index (χ2n) is 5.07. The van der Waals surface area contributed by atoms with Gasteiger partial charge in [-0.3, -0.25) is 4.79 Å². The summed E-state index contributed by atoms with van der Waals surface area (Å²) in [5, 5.41) is 6.02. The highest BCUT2D eigenvalue weighted by atomic mass is 19.1. The van der Waals surface area contributed by atoms with Crippen molar-refractivity contribution in [2.45, 2.75) is 18.4 Å². The van der Waals surface area contributed by atoms with Crippen LogP contribution in [0.2, 0.25) is 0 Å². The van der Waals surface area contributed by atoms with Gasteiger partial charge in [0.2, 0.25) is 5.91 Å². The Morgan fingerprint density at radius 3 is 2.50 bits per heavy atom. The monoisotopic (exact) mass is 280 g/mol. The molecular weight excluding hydrogens is 259 g/mol. The SMILES string of the molecule is CNc1cccc(F)c1N1CCC(NC)(C(N)=O)CC1. The molecular formula is C14H21FN4O. The number of hydrogen-bond donors (Lipinski definition) is 3. The van der Waals surface area contributed by atoms with Crippen LogP contribution in [0.15, 0.2) is 18.2 Å². The number of benzene rings is 1. The van der Waals surface area contributed by atoms with Crippen LogP contribution in [0.25, 0.3) is 0 Å². The van der Waals surface area contributed by atoms with Gasteiger partial charge in [0.05, 0.1) is 11.4 Å². The Labute approximate surface area is 118 Å². The first-order valence-corrected chi connectivity index (χ1v) is 6.74. The number of nitrogens with one attached hydrogen (secondary N) is 2. The summed E-state index contributed by atoms with van der Waals surface area (Å²) in [5.74, 6) is -0.602. The zero-order valence-electron chi connectivity index (χ0n) is 11.9. The minimum Gasteiger partial charge on any atom is -0.386 e. The highest BCUT2D eigenvalue weighted by Crippen LogP contribution is 2.33. The van der Waals surface area contributed by atoms with Gasteiger partial charge in [-0.1, -0.05) is 6.07 Å². The predicted molar refractivity (Wildman–Crippen MR) is 78.4 cm³/mol. The molecule has 1 aromatic carbocycles. The maximum atomic E-state index is 14.1. The number of amides is 1. The third-order valence-electron chi connectivity index (χ3n) is 4.14. The average Bonchev–Trinajstić information content (AvgIpc) is 2.47. The number of para-hydroxylation sites is 1. The lowest BCUT2D eigenvalue weighted by Gasteiger charge is -2.41. The van der Waals surface area contributed by atoms with Crippen LogP contribution in [0.1, 0.15) is 12.8 Å². The molecule has 0 unspecified atom stereocenters. The molecule has 0 saturated carbocycles. The van der Waals surface area contributed by atoms with Crippen molar-refractivity contribution < 1.29 is 9.18 Å². The molecule has 4 N–H and O–H groups in total. The smallest absolute Gasteiger partial charge is 0.237 e. The third kappa shape index (κ3) is 2.43. The maximum absolute atomic E-state index is 14.1. The molecule has 1 saturated heterocycles. The lowest BCUT2D eigenvalue weighted by atomic mass is 9.86. The number of likely N-dealkylation sites (N-methyl/N-ethyl adjacent to an activating group) is 1. The summed E-state index contributed by atoms with van der Waals surface area (Å²) in [6.45, 7) is 1.17. The standard InChI is InChI=1S/C14H21FN4O/c1-17-11-5-3-4-10(15)12(11)19-8-6-14(18-2,7-9-19)13(16)20/h3-5,17-18H,6-9H2,1-2H3,(H2,16,20). The lowest BCUT2D eigenvalue weighted by molar-refractivity contribution is -0.125. The number of piperidine rings is 1. The molecule has 110 valence electrons. The summed E-state index contributed by atoms with van der Waals surface area (Å²) in [6, 6.07) is 4.96. The van der Waals surface area contributed by atoms with Crippen molar-refractivity contribution >= 4 is 17.3 Å². The van der Waals surface area contributed by atoms with Crippen LogP contribution in [0.5, 0.6) is 0 Å². The molecule has 1 heterocycles. The van der Waals surface area contributed by atoms with Crippen LogP contribution in [-0.2, 0) is 4.79 Å². The van der Waals surface area contributed by atoms with E-state index in [1.54, 1.807) is 20.2 Å². The summed E-state index contributed by atoms with van der Waals surface area (Å²) in [7, 11) is 3.51. The molecule has 20 heavy (non-hydrogen) atoms. The highest BCUT2D eigenvalue weighted by Gasteiger charge is 2.39. The molecule has 0 spiro atoms. The van der Waals surface area contributed by atoms with Gasteiger partial charge in [0.15, 0.2) is 0 Å². The number of nitrogens with two attached hydrogens (primary N) is 1. The van der Waals surface area contributed by atoms with Gasteiger partial charge in [-0.05, 0) is 32.0 Å². The molecule has 6 heteroatoms. The topological polar surface area (TPSA) is 70.4 Å². The summed E-state index contributed by atoms with van der Waals surface area (Å²) in [5.41, 5.74) is 6.11. The van der Waals surface area contributed by atoms with E-state index in [0.717, 1.165) is 5.69 Å². The summed E-state index contributed by atoms with van der Waals surface area (Å²) < 4.78 is 14.1.